The van der Waals surface area contributed by atoms with Crippen molar-refractivity contribution < 1.29 is 0 Å². The molecule has 0 unspecified atom stereocenters. The van der Waals surface area contributed by atoms with E-state index in [1.165, 1.54) is 24.8 Å². The summed E-state index contributed by atoms with van der Waals surface area (Å²) in [7, 11) is 2.15. The van der Waals surface area contributed by atoms with Crippen molar-refractivity contribution in [1.82, 2.24) is 15.1 Å². The first-order valence-corrected chi connectivity index (χ1v) is 7.21. The van der Waals surface area contributed by atoms with Crippen LogP contribution in [0.1, 0.15) is 50.3 Å². The van der Waals surface area contributed by atoms with Gasteiger partial charge in [0.25, 0.3) is 0 Å². The number of hydrogen-bond donors (Lipinski definition) is 1. The first kappa shape index (κ1) is 13.9. The van der Waals surface area contributed by atoms with Crippen LogP contribution >= 0.6 is 0 Å². The van der Waals surface area contributed by atoms with Gasteiger partial charge in [-0.3, -0.25) is 5.10 Å². The van der Waals surface area contributed by atoms with Crippen LogP contribution in [0.25, 0.3) is 5.57 Å². The number of H-pyrrole nitrogens is 1. The SMILES string of the molecule is CCCCCC#Cc1cn[nH]c1C1=CCCN(C)C1. The van der Waals surface area contributed by atoms with Crippen LogP contribution in [-0.4, -0.2) is 35.2 Å². The van der Waals surface area contributed by atoms with Gasteiger partial charge in [0, 0.05) is 19.5 Å². The second-order valence-corrected chi connectivity index (χ2v) is 5.17. The second kappa shape index (κ2) is 7.16. The summed E-state index contributed by atoms with van der Waals surface area (Å²) in [5, 5.41) is 7.25. The van der Waals surface area contributed by atoms with Crippen LogP contribution in [0.5, 0.6) is 0 Å². The lowest BCUT2D eigenvalue weighted by Crippen LogP contribution is -2.25. The van der Waals surface area contributed by atoms with Crippen molar-refractivity contribution in [3.8, 4) is 11.8 Å². The van der Waals surface area contributed by atoms with Gasteiger partial charge in [-0.25, -0.2) is 0 Å². The average Bonchev–Trinajstić information content (AvgIpc) is 2.87. The van der Waals surface area contributed by atoms with Gasteiger partial charge >= 0.3 is 0 Å². The first-order valence-electron chi connectivity index (χ1n) is 7.21. The highest BCUT2D eigenvalue weighted by molar-refractivity contribution is 5.69. The monoisotopic (exact) mass is 257 g/mol. The third-order valence-corrected chi connectivity index (χ3v) is 3.43. The minimum absolute atomic E-state index is 0.979. The molecular formula is C16H23N3. The Morgan fingerprint density at radius 2 is 2.32 bits per heavy atom. The van der Waals surface area contributed by atoms with E-state index >= 15 is 0 Å². The van der Waals surface area contributed by atoms with Crippen molar-refractivity contribution in [2.75, 3.05) is 20.1 Å². The number of nitrogens with zero attached hydrogens (tertiary/aromatic N) is 2. The maximum atomic E-state index is 4.15. The van der Waals surface area contributed by atoms with Gasteiger partial charge in [0.1, 0.15) is 0 Å². The number of aromatic nitrogens is 2. The minimum Gasteiger partial charge on any atom is -0.302 e. The molecule has 3 nitrogen and oxygen atoms in total. The summed E-state index contributed by atoms with van der Waals surface area (Å²) < 4.78 is 0. The van der Waals surface area contributed by atoms with Crippen molar-refractivity contribution in [3.05, 3.63) is 23.5 Å². The molecule has 0 saturated carbocycles. The summed E-state index contributed by atoms with van der Waals surface area (Å²) in [6.45, 7) is 4.33. The molecule has 0 radical (unpaired) electrons. The van der Waals surface area contributed by atoms with Gasteiger partial charge in [-0.1, -0.05) is 37.7 Å². The number of rotatable bonds is 4. The van der Waals surface area contributed by atoms with Crippen molar-refractivity contribution in [3.63, 3.8) is 0 Å². The third kappa shape index (κ3) is 3.97. The Balaban J connectivity index is 2.03. The molecule has 0 spiro atoms. The lowest BCUT2D eigenvalue weighted by molar-refractivity contribution is 0.372. The molecule has 0 saturated heterocycles. The smallest absolute Gasteiger partial charge is 0.0776 e. The van der Waals surface area contributed by atoms with E-state index in [1.807, 2.05) is 6.20 Å². The lowest BCUT2D eigenvalue weighted by Gasteiger charge is -2.22. The molecule has 0 bridgehead atoms. The summed E-state index contributed by atoms with van der Waals surface area (Å²) in [5.41, 5.74) is 3.47. The van der Waals surface area contributed by atoms with Crippen LogP contribution in [-0.2, 0) is 0 Å². The first-order chi connectivity index (χ1) is 9.31. The Labute approximate surface area is 116 Å². The number of nitrogens with one attached hydrogen (secondary N) is 1. The van der Waals surface area contributed by atoms with Gasteiger partial charge in [-0.2, -0.15) is 5.10 Å². The van der Waals surface area contributed by atoms with E-state index in [9.17, 15) is 0 Å². The van der Waals surface area contributed by atoms with Crippen molar-refractivity contribution >= 4 is 5.57 Å². The largest absolute Gasteiger partial charge is 0.302 e. The normalized spacial score (nSPS) is 15.8. The number of likely N-dealkylation sites (N-methyl/N-ethyl adjacent to an activating group) is 1. The molecule has 0 atom stereocenters. The molecule has 102 valence electrons. The molecule has 0 amide bonds. The van der Waals surface area contributed by atoms with E-state index in [4.69, 9.17) is 0 Å². The zero-order valence-corrected chi connectivity index (χ0v) is 12.0. The average molecular weight is 257 g/mol. The quantitative estimate of drug-likeness (QED) is 0.664. The molecule has 0 fully saturated rings. The van der Waals surface area contributed by atoms with E-state index in [0.717, 1.165) is 37.2 Å². The van der Waals surface area contributed by atoms with Crippen LogP contribution in [0, 0.1) is 11.8 Å². The maximum Gasteiger partial charge on any atom is 0.0776 e. The van der Waals surface area contributed by atoms with Gasteiger partial charge in [0.15, 0.2) is 0 Å². The molecule has 1 N–H and O–H groups in total. The Hall–Kier alpha value is -1.53. The van der Waals surface area contributed by atoms with Crippen molar-refractivity contribution in [2.24, 2.45) is 0 Å². The van der Waals surface area contributed by atoms with Gasteiger partial charge < -0.3 is 4.90 Å². The lowest BCUT2D eigenvalue weighted by atomic mass is 10.0. The molecule has 1 aliphatic heterocycles. The molecule has 0 aromatic carbocycles. The Morgan fingerprint density at radius 3 is 3.11 bits per heavy atom. The zero-order chi connectivity index (χ0) is 13.5. The molecule has 3 heteroatoms. The molecule has 0 aliphatic carbocycles. The summed E-state index contributed by atoms with van der Waals surface area (Å²) in [5.74, 6) is 6.52. The van der Waals surface area contributed by atoms with Crippen molar-refractivity contribution in [2.45, 2.75) is 39.0 Å². The highest BCUT2D eigenvalue weighted by Crippen LogP contribution is 2.20. The topological polar surface area (TPSA) is 31.9 Å². The molecule has 2 heterocycles. The number of hydrogen-bond acceptors (Lipinski definition) is 2. The second-order valence-electron chi connectivity index (χ2n) is 5.17. The predicted octanol–water partition coefficient (Wildman–Crippen LogP) is 3.06. The van der Waals surface area contributed by atoms with Gasteiger partial charge in [0.2, 0.25) is 0 Å². The van der Waals surface area contributed by atoms with E-state index < -0.39 is 0 Å². The minimum atomic E-state index is 0.979. The number of unbranched alkanes of at least 4 members (excludes halogenated alkanes) is 3. The van der Waals surface area contributed by atoms with E-state index in [2.05, 4.69) is 47.0 Å². The standard InChI is InChI=1S/C16H23N3/c1-3-4-5-6-7-9-14-12-17-18-16(14)15-10-8-11-19(2)13-15/h10,12H,3-6,8,11,13H2,1-2H3,(H,17,18). The molecule has 1 aromatic rings. The highest BCUT2D eigenvalue weighted by atomic mass is 15.1. The zero-order valence-electron chi connectivity index (χ0n) is 12.0. The fourth-order valence-corrected chi connectivity index (χ4v) is 2.32. The molecule has 2 rings (SSSR count). The van der Waals surface area contributed by atoms with Crippen LogP contribution in [0.3, 0.4) is 0 Å². The fraction of sp³-hybridized carbons (Fsp3) is 0.562. The van der Waals surface area contributed by atoms with Crippen LogP contribution in [0.4, 0.5) is 0 Å². The molecule has 1 aliphatic rings. The van der Waals surface area contributed by atoms with E-state index in [0.29, 0.717) is 0 Å². The van der Waals surface area contributed by atoms with Crippen LogP contribution in [0.2, 0.25) is 0 Å². The Kier molecular flexibility index (Phi) is 5.23. The van der Waals surface area contributed by atoms with Gasteiger partial charge in [-0.15, -0.1) is 0 Å². The Bertz CT molecular complexity index is 488. The van der Waals surface area contributed by atoms with Gasteiger partial charge in [0.05, 0.1) is 17.5 Å². The third-order valence-electron chi connectivity index (χ3n) is 3.43. The summed E-state index contributed by atoms with van der Waals surface area (Å²) >= 11 is 0. The summed E-state index contributed by atoms with van der Waals surface area (Å²) in [6.07, 6.45) is 9.95. The summed E-state index contributed by atoms with van der Waals surface area (Å²) in [6, 6.07) is 0. The molecule has 1 aromatic heterocycles. The van der Waals surface area contributed by atoms with Crippen LogP contribution < -0.4 is 0 Å². The van der Waals surface area contributed by atoms with Crippen molar-refractivity contribution in [1.29, 1.82) is 0 Å². The highest BCUT2D eigenvalue weighted by Gasteiger charge is 2.14. The molecule has 19 heavy (non-hydrogen) atoms. The predicted molar refractivity (Wildman–Crippen MR) is 79.7 cm³/mol. The van der Waals surface area contributed by atoms with Crippen LogP contribution in [0.15, 0.2) is 12.3 Å². The van der Waals surface area contributed by atoms with E-state index in [1.54, 1.807) is 0 Å². The number of aromatic amines is 1. The van der Waals surface area contributed by atoms with Gasteiger partial charge in [-0.05, 0) is 25.5 Å². The fourth-order valence-electron chi connectivity index (χ4n) is 2.32. The molecular weight excluding hydrogens is 234 g/mol. The van der Waals surface area contributed by atoms with E-state index in [-0.39, 0.29) is 0 Å². The summed E-state index contributed by atoms with van der Waals surface area (Å²) in [4.78, 5) is 2.33. The maximum absolute atomic E-state index is 4.15. The Morgan fingerprint density at radius 1 is 1.42 bits per heavy atom.